The summed E-state index contributed by atoms with van der Waals surface area (Å²) in [7, 11) is 0. The Balaban J connectivity index is 2.35. The summed E-state index contributed by atoms with van der Waals surface area (Å²) in [6, 6.07) is 7.49. The van der Waals surface area contributed by atoms with Gasteiger partial charge in [-0.05, 0) is 24.6 Å². The molecule has 1 aliphatic heterocycles. The smallest absolute Gasteiger partial charge is 0.268 e. The summed E-state index contributed by atoms with van der Waals surface area (Å²) < 4.78 is 5.54. The van der Waals surface area contributed by atoms with Gasteiger partial charge in [-0.2, -0.15) is 0 Å². The van der Waals surface area contributed by atoms with E-state index in [2.05, 4.69) is 6.58 Å². The molecular weight excluding hydrogens is 216 g/mol. The number of carbonyl (C=O) groups excluding carboxylic acids is 1. The summed E-state index contributed by atoms with van der Waals surface area (Å²) in [5.41, 5.74) is 7.12. The molecule has 0 saturated carbocycles. The molecule has 1 unspecified atom stereocenters. The first-order valence-corrected chi connectivity index (χ1v) is 5.57. The van der Waals surface area contributed by atoms with Gasteiger partial charge in [0.15, 0.2) is 6.10 Å². The van der Waals surface area contributed by atoms with Crippen molar-refractivity contribution in [2.24, 2.45) is 5.73 Å². The van der Waals surface area contributed by atoms with Crippen molar-refractivity contribution in [3.63, 3.8) is 0 Å². The number of nitrogens with zero attached hydrogens (tertiary/aromatic N) is 1. The van der Waals surface area contributed by atoms with Crippen LogP contribution in [0.5, 0.6) is 5.75 Å². The minimum atomic E-state index is -0.463. The molecule has 0 spiro atoms. The molecule has 1 amide bonds. The highest BCUT2D eigenvalue weighted by Gasteiger charge is 2.31. The summed E-state index contributed by atoms with van der Waals surface area (Å²) in [6.07, 6.45) is -0.463. The normalized spacial score (nSPS) is 18.6. The molecule has 0 aromatic heterocycles. The topological polar surface area (TPSA) is 55.6 Å². The molecule has 1 aliphatic rings. The van der Waals surface area contributed by atoms with Crippen molar-refractivity contribution in [1.82, 2.24) is 0 Å². The number of amides is 1. The number of fused-ring (bicyclic) bond motifs is 1. The van der Waals surface area contributed by atoms with Gasteiger partial charge in [0.25, 0.3) is 5.91 Å². The Hall–Kier alpha value is -1.81. The van der Waals surface area contributed by atoms with E-state index in [1.54, 1.807) is 11.8 Å². The monoisotopic (exact) mass is 232 g/mol. The molecule has 1 heterocycles. The molecule has 2 rings (SSSR count). The van der Waals surface area contributed by atoms with Gasteiger partial charge < -0.3 is 15.4 Å². The molecule has 0 bridgehead atoms. The SMILES string of the molecule is C=C(CN)CN1C(=O)C(C)Oc2ccccc21. The van der Waals surface area contributed by atoms with Crippen LogP contribution in [0.15, 0.2) is 36.4 Å². The van der Waals surface area contributed by atoms with E-state index >= 15 is 0 Å². The second kappa shape index (κ2) is 4.59. The molecule has 1 aromatic carbocycles. The maximum atomic E-state index is 12.1. The second-order valence-electron chi connectivity index (χ2n) is 4.11. The zero-order valence-corrected chi connectivity index (χ0v) is 9.85. The van der Waals surface area contributed by atoms with Crippen molar-refractivity contribution in [3.05, 3.63) is 36.4 Å². The molecular formula is C13H16N2O2. The summed E-state index contributed by atoms with van der Waals surface area (Å²) in [4.78, 5) is 13.7. The largest absolute Gasteiger partial charge is 0.479 e. The number of para-hydroxylation sites is 2. The van der Waals surface area contributed by atoms with Gasteiger partial charge in [-0.15, -0.1) is 0 Å². The van der Waals surface area contributed by atoms with E-state index in [1.165, 1.54) is 0 Å². The Morgan fingerprint density at radius 2 is 2.24 bits per heavy atom. The first-order chi connectivity index (χ1) is 8.13. The van der Waals surface area contributed by atoms with Crippen LogP contribution in [0.2, 0.25) is 0 Å². The van der Waals surface area contributed by atoms with Crippen LogP contribution in [0.4, 0.5) is 5.69 Å². The number of nitrogens with two attached hydrogens (primary N) is 1. The van der Waals surface area contributed by atoms with E-state index in [0.29, 0.717) is 13.1 Å². The average Bonchev–Trinajstić information content (AvgIpc) is 2.34. The van der Waals surface area contributed by atoms with E-state index in [9.17, 15) is 4.79 Å². The lowest BCUT2D eigenvalue weighted by atomic mass is 10.1. The third-order valence-corrected chi connectivity index (χ3v) is 2.74. The van der Waals surface area contributed by atoms with Gasteiger partial charge in [0.1, 0.15) is 5.75 Å². The van der Waals surface area contributed by atoms with E-state index in [1.807, 2.05) is 24.3 Å². The fourth-order valence-electron chi connectivity index (χ4n) is 1.81. The standard InChI is InChI=1S/C13H16N2O2/c1-9(7-14)8-15-11-5-3-4-6-12(11)17-10(2)13(15)16/h3-6,10H,1,7-8,14H2,2H3. The molecule has 4 nitrogen and oxygen atoms in total. The molecule has 1 aromatic rings. The molecule has 0 radical (unpaired) electrons. The lowest BCUT2D eigenvalue weighted by molar-refractivity contribution is -0.125. The first kappa shape index (κ1) is 11.7. The zero-order chi connectivity index (χ0) is 12.4. The average molecular weight is 232 g/mol. The zero-order valence-electron chi connectivity index (χ0n) is 9.85. The number of ether oxygens (including phenoxy) is 1. The van der Waals surface area contributed by atoms with Crippen molar-refractivity contribution >= 4 is 11.6 Å². The predicted octanol–water partition coefficient (Wildman–Crippen LogP) is 1.32. The number of hydrogen-bond donors (Lipinski definition) is 1. The summed E-state index contributed by atoms with van der Waals surface area (Å²) in [5.74, 6) is 0.669. The minimum Gasteiger partial charge on any atom is -0.479 e. The first-order valence-electron chi connectivity index (χ1n) is 5.57. The number of anilines is 1. The number of hydrogen-bond acceptors (Lipinski definition) is 3. The van der Waals surface area contributed by atoms with Crippen LogP contribution < -0.4 is 15.4 Å². The Kier molecular flexibility index (Phi) is 3.15. The number of benzene rings is 1. The van der Waals surface area contributed by atoms with Crippen molar-refractivity contribution in [3.8, 4) is 5.75 Å². The van der Waals surface area contributed by atoms with E-state index in [-0.39, 0.29) is 5.91 Å². The highest BCUT2D eigenvalue weighted by molar-refractivity contribution is 6.00. The van der Waals surface area contributed by atoms with Crippen molar-refractivity contribution in [2.75, 3.05) is 18.0 Å². The Labute approximate surface area is 101 Å². The van der Waals surface area contributed by atoms with Crippen LogP contribution in [0.1, 0.15) is 6.92 Å². The molecule has 4 heteroatoms. The van der Waals surface area contributed by atoms with Crippen LogP contribution in [-0.2, 0) is 4.79 Å². The Morgan fingerprint density at radius 3 is 2.94 bits per heavy atom. The van der Waals surface area contributed by atoms with E-state index < -0.39 is 6.10 Å². The van der Waals surface area contributed by atoms with Crippen molar-refractivity contribution in [1.29, 1.82) is 0 Å². The van der Waals surface area contributed by atoms with Crippen LogP contribution in [-0.4, -0.2) is 25.1 Å². The van der Waals surface area contributed by atoms with Gasteiger partial charge in [0, 0.05) is 13.1 Å². The van der Waals surface area contributed by atoms with Gasteiger partial charge in [0.2, 0.25) is 0 Å². The Bertz CT molecular complexity index is 456. The predicted molar refractivity (Wildman–Crippen MR) is 67.1 cm³/mol. The highest BCUT2D eigenvalue weighted by Crippen LogP contribution is 2.33. The molecule has 0 fully saturated rings. The fourth-order valence-corrected chi connectivity index (χ4v) is 1.81. The number of rotatable bonds is 3. The van der Waals surface area contributed by atoms with Gasteiger partial charge in [-0.1, -0.05) is 18.7 Å². The van der Waals surface area contributed by atoms with Crippen molar-refractivity contribution < 1.29 is 9.53 Å². The molecule has 2 N–H and O–H groups in total. The minimum absolute atomic E-state index is 0.0571. The van der Waals surface area contributed by atoms with Gasteiger partial charge in [0.05, 0.1) is 5.69 Å². The Morgan fingerprint density at radius 1 is 1.53 bits per heavy atom. The van der Waals surface area contributed by atoms with Gasteiger partial charge in [-0.25, -0.2) is 0 Å². The fraction of sp³-hybridized carbons (Fsp3) is 0.308. The van der Waals surface area contributed by atoms with Gasteiger partial charge >= 0.3 is 0 Å². The lowest BCUT2D eigenvalue weighted by Gasteiger charge is -2.33. The van der Waals surface area contributed by atoms with Crippen LogP contribution in [0.25, 0.3) is 0 Å². The summed E-state index contributed by atoms with van der Waals surface area (Å²) in [6.45, 7) is 6.41. The van der Waals surface area contributed by atoms with E-state index in [4.69, 9.17) is 10.5 Å². The lowest BCUT2D eigenvalue weighted by Crippen LogP contribution is -2.45. The third-order valence-electron chi connectivity index (χ3n) is 2.74. The molecule has 0 saturated heterocycles. The maximum Gasteiger partial charge on any atom is 0.268 e. The van der Waals surface area contributed by atoms with Crippen LogP contribution >= 0.6 is 0 Å². The second-order valence-corrected chi connectivity index (χ2v) is 4.11. The van der Waals surface area contributed by atoms with Crippen LogP contribution in [0, 0.1) is 0 Å². The molecule has 0 aliphatic carbocycles. The molecule has 90 valence electrons. The van der Waals surface area contributed by atoms with Crippen LogP contribution in [0.3, 0.4) is 0 Å². The highest BCUT2D eigenvalue weighted by atomic mass is 16.5. The molecule has 17 heavy (non-hydrogen) atoms. The maximum absolute atomic E-state index is 12.1. The summed E-state index contributed by atoms with van der Waals surface area (Å²) >= 11 is 0. The van der Waals surface area contributed by atoms with Crippen molar-refractivity contribution in [2.45, 2.75) is 13.0 Å². The molecule has 1 atom stereocenters. The van der Waals surface area contributed by atoms with E-state index in [0.717, 1.165) is 17.0 Å². The third kappa shape index (κ3) is 2.17. The summed E-state index contributed by atoms with van der Waals surface area (Å²) in [5, 5.41) is 0. The van der Waals surface area contributed by atoms with Gasteiger partial charge in [-0.3, -0.25) is 4.79 Å². The number of carbonyl (C=O) groups is 1. The quantitative estimate of drug-likeness (QED) is 0.799.